The van der Waals surface area contributed by atoms with Crippen LogP contribution in [0.15, 0.2) is 18.2 Å². The lowest BCUT2D eigenvalue weighted by Gasteiger charge is -2.46. The lowest BCUT2D eigenvalue weighted by atomic mass is 9.96. The van der Waals surface area contributed by atoms with E-state index in [1.165, 1.54) is 18.2 Å². The van der Waals surface area contributed by atoms with Crippen LogP contribution in [0.5, 0.6) is 0 Å². The average molecular weight is 476 g/mol. The number of hydrogen-bond acceptors (Lipinski definition) is 13. The van der Waals surface area contributed by atoms with Gasteiger partial charge in [-0.25, -0.2) is 0 Å². The van der Waals surface area contributed by atoms with Crippen molar-refractivity contribution in [1.82, 2.24) is 0 Å². The molecule has 2 fully saturated rings. The summed E-state index contributed by atoms with van der Waals surface area (Å²) < 4.78 is 16.3. The molecule has 33 heavy (non-hydrogen) atoms. The van der Waals surface area contributed by atoms with E-state index in [1.807, 2.05) is 0 Å². The second-order valence-corrected chi connectivity index (χ2v) is 7.96. The van der Waals surface area contributed by atoms with Crippen molar-refractivity contribution >= 4 is 11.4 Å². The summed E-state index contributed by atoms with van der Waals surface area (Å²) in [6.07, 6.45) is -15.4. The average Bonchev–Trinajstić information content (AvgIpc) is 2.79. The van der Waals surface area contributed by atoms with Crippen molar-refractivity contribution in [3.05, 3.63) is 33.9 Å². The van der Waals surface area contributed by atoms with Crippen LogP contribution in [0.1, 0.15) is 5.56 Å². The molecule has 0 saturated carbocycles. The highest BCUT2D eigenvalue weighted by molar-refractivity contribution is 5.55. The number of anilines is 1. The number of nitro benzene ring substituents is 1. The summed E-state index contributed by atoms with van der Waals surface area (Å²) in [7, 11) is 0. The number of nitrogens with one attached hydrogen (secondary N) is 1. The fourth-order valence-corrected chi connectivity index (χ4v) is 3.77. The van der Waals surface area contributed by atoms with Crippen LogP contribution in [-0.4, -0.2) is 115 Å². The first-order valence-corrected chi connectivity index (χ1v) is 10.2. The third-order valence-corrected chi connectivity index (χ3v) is 5.72. The van der Waals surface area contributed by atoms with Gasteiger partial charge in [-0.15, -0.1) is 0 Å². The van der Waals surface area contributed by atoms with Crippen molar-refractivity contribution in [1.29, 1.82) is 0 Å². The first kappa shape index (κ1) is 25.6. The number of nitro groups is 1. The van der Waals surface area contributed by atoms with Crippen LogP contribution in [0.2, 0.25) is 0 Å². The van der Waals surface area contributed by atoms with Crippen LogP contribution < -0.4 is 5.32 Å². The molecule has 14 nitrogen and oxygen atoms in total. The molecule has 14 heteroatoms. The Balaban J connectivity index is 1.74. The fourth-order valence-electron chi connectivity index (χ4n) is 3.77. The van der Waals surface area contributed by atoms with Crippen molar-refractivity contribution < 1.29 is 54.9 Å². The van der Waals surface area contributed by atoms with Crippen molar-refractivity contribution in [2.75, 3.05) is 18.5 Å². The molecule has 3 rings (SSSR count). The van der Waals surface area contributed by atoms with Gasteiger partial charge in [0.05, 0.1) is 18.1 Å². The molecule has 1 aromatic rings. The van der Waals surface area contributed by atoms with Gasteiger partial charge in [-0.05, 0) is 13.0 Å². The van der Waals surface area contributed by atoms with E-state index in [2.05, 4.69) is 5.32 Å². The second kappa shape index (κ2) is 10.5. The highest BCUT2D eigenvalue weighted by Gasteiger charge is 2.50. The van der Waals surface area contributed by atoms with E-state index in [-0.39, 0.29) is 11.4 Å². The van der Waals surface area contributed by atoms with Crippen LogP contribution in [0.4, 0.5) is 11.4 Å². The molecular formula is C19H28N2O12. The molecule has 8 N–H and O–H groups in total. The van der Waals surface area contributed by atoms with Gasteiger partial charge in [-0.3, -0.25) is 10.1 Å². The largest absolute Gasteiger partial charge is 0.394 e. The van der Waals surface area contributed by atoms with Gasteiger partial charge in [-0.1, -0.05) is 6.07 Å². The van der Waals surface area contributed by atoms with Gasteiger partial charge >= 0.3 is 0 Å². The normalized spacial score (nSPS) is 39.3. The molecule has 0 bridgehead atoms. The Kier molecular flexibility index (Phi) is 8.17. The number of benzene rings is 1. The van der Waals surface area contributed by atoms with Crippen molar-refractivity contribution in [3.8, 4) is 0 Å². The van der Waals surface area contributed by atoms with Crippen LogP contribution >= 0.6 is 0 Å². The Morgan fingerprint density at radius 1 is 0.970 bits per heavy atom. The van der Waals surface area contributed by atoms with E-state index in [0.29, 0.717) is 5.56 Å². The van der Waals surface area contributed by atoms with Gasteiger partial charge in [-0.2, -0.15) is 0 Å². The minimum atomic E-state index is -1.77. The summed E-state index contributed by atoms with van der Waals surface area (Å²) in [6, 6.07) is 4.22. The van der Waals surface area contributed by atoms with E-state index in [4.69, 9.17) is 14.2 Å². The predicted octanol–water partition coefficient (Wildman–Crippen LogP) is -3.06. The van der Waals surface area contributed by atoms with Gasteiger partial charge in [0.25, 0.3) is 5.69 Å². The maximum absolute atomic E-state index is 11.2. The molecular weight excluding hydrogens is 448 g/mol. The molecule has 0 aliphatic carbocycles. The van der Waals surface area contributed by atoms with Gasteiger partial charge in [0.2, 0.25) is 0 Å². The maximum atomic E-state index is 11.2. The number of rotatable bonds is 7. The molecule has 2 aliphatic heterocycles. The van der Waals surface area contributed by atoms with Gasteiger partial charge in [0.1, 0.15) is 48.8 Å². The fraction of sp³-hybridized carbons (Fsp3) is 0.684. The van der Waals surface area contributed by atoms with E-state index in [1.54, 1.807) is 6.92 Å². The van der Waals surface area contributed by atoms with Crippen LogP contribution in [0, 0.1) is 17.0 Å². The minimum Gasteiger partial charge on any atom is -0.394 e. The van der Waals surface area contributed by atoms with Gasteiger partial charge < -0.3 is 55.3 Å². The molecule has 0 aromatic heterocycles. The first-order valence-electron chi connectivity index (χ1n) is 10.2. The zero-order valence-corrected chi connectivity index (χ0v) is 17.5. The van der Waals surface area contributed by atoms with Crippen molar-refractivity contribution in [2.45, 2.75) is 68.3 Å². The highest BCUT2D eigenvalue weighted by Crippen LogP contribution is 2.30. The standard InChI is InChI=1S/C19H28N2O12/c1-7-2-3-8(4-9(7)21(29)30)20-18-15(27)14(26)17(11(6-23)31-18)33-19-16(28)13(25)12(24)10(5-22)32-19/h2-4,10-20,22-28H,5-6H2,1H3. The minimum absolute atomic E-state index is 0.173. The van der Waals surface area contributed by atoms with Crippen LogP contribution in [0.3, 0.4) is 0 Å². The lowest BCUT2D eigenvalue weighted by Crippen LogP contribution is -2.65. The van der Waals surface area contributed by atoms with Crippen molar-refractivity contribution in [2.24, 2.45) is 0 Å². The Hall–Kier alpha value is -1.98. The molecule has 10 unspecified atom stereocenters. The molecule has 2 aliphatic rings. The zero-order chi connectivity index (χ0) is 24.4. The molecule has 2 saturated heterocycles. The molecule has 0 spiro atoms. The van der Waals surface area contributed by atoms with Gasteiger partial charge in [0.15, 0.2) is 12.5 Å². The maximum Gasteiger partial charge on any atom is 0.274 e. The van der Waals surface area contributed by atoms with E-state index < -0.39 is 79.5 Å². The number of aliphatic hydroxyl groups excluding tert-OH is 7. The predicted molar refractivity (Wildman–Crippen MR) is 108 cm³/mol. The summed E-state index contributed by atoms with van der Waals surface area (Å²) in [6.45, 7) is 0.160. The van der Waals surface area contributed by atoms with E-state index in [9.17, 15) is 45.9 Å². The lowest BCUT2D eigenvalue weighted by molar-refractivity contribution is -0.385. The molecule has 1 aromatic carbocycles. The monoisotopic (exact) mass is 476 g/mol. The number of aliphatic hydroxyl groups is 7. The Morgan fingerprint density at radius 2 is 1.64 bits per heavy atom. The summed E-state index contributed by atoms with van der Waals surface area (Å²) in [4.78, 5) is 10.6. The number of aryl methyl sites for hydroxylation is 1. The molecule has 186 valence electrons. The van der Waals surface area contributed by atoms with Crippen LogP contribution in [0.25, 0.3) is 0 Å². The Morgan fingerprint density at radius 3 is 2.24 bits per heavy atom. The molecule has 2 heterocycles. The molecule has 10 atom stereocenters. The van der Waals surface area contributed by atoms with E-state index >= 15 is 0 Å². The molecule has 0 radical (unpaired) electrons. The van der Waals surface area contributed by atoms with E-state index in [0.717, 1.165) is 0 Å². The van der Waals surface area contributed by atoms with Crippen LogP contribution in [-0.2, 0) is 14.2 Å². The number of hydrogen-bond donors (Lipinski definition) is 8. The summed E-state index contributed by atoms with van der Waals surface area (Å²) in [5.41, 5.74) is 0.457. The second-order valence-electron chi connectivity index (χ2n) is 7.96. The molecule has 0 amide bonds. The Bertz CT molecular complexity index is 824. The summed E-state index contributed by atoms with van der Waals surface area (Å²) in [5, 5.41) is 84.0. The third kappa shape index (κ3) is 5.25. The summed E-state index contributed by atoms with van der Waals surface area (Å²) in [5.74, 6) is 0. The smallest absolute Gasteiger partial charge is 0.274 e. The zero-order valence-electron chi connectivity index (χ0n) is 17.5. The number of ether oxygens (including phenoxy) is 3. The highest BCUT2D eigenvalue weighted by atomic mass is 16.7. The number of nitrogens with zero attached hydrogens (tertiary/aromatic N) is 1. The quantitative estimate of drug-likeness (QED) is 0.145. The van der Waals surface area contributed by atoms with Gasteiger partial charge in [0, 0.05) is 17.3 Å². The summed E-state index contributed by atoms with van der Waals surface area (Å²) >= 11 is 0. The SMILES string of the molecule is Cc1ccc(NC2OC(CO)C(OC3OC(CO)C(O)C(O)C3O)C(O)C2O)cc1[N+](=O)[O-]. The first-order chi connectivity index (χ1) is 15.6. The third-order valence-electron chi connectivity index (χ3n) is 5.72. The van der Waals surface area contributed by atoms with Crippen molar-refractivity contribution in [3.63, 3.8) is 0 Å². The Labute approximate surface area is 187 Å². The topological polar surface area (TPSA) is 224 Å².